The Bertz CT molecular complexity index is 753. The summed E-state index contributed by atoms with van der Waals surface area (Å²) in [5, 5.41) is 2.63. The number of benzene rings is 2. The Balaban J connectivity index is 2.15. The van der Waals surface area contributed by atoms with E-state index in [-0.39, 0.29) is 17.2 Å². The highest BCUT2D eigenvalue weighted by molar-refractivity contribution is 7.90. The van der Waals surface area contributed by atoms with Crippen LogP contribution < -0.4 is 11.1 Å². The first kappa shape index (κ1) is 15.1. The summed E-state index contributed by atoms with van der Waals surface area (Å²) in [6.45, 7) is 0. The highest BCUT2D eigenvalue weighted by atomic mass is 32.2. The van der Waals surface area contributed by atoms with Crippen LogP contribution in [0, 0.1) is 0 Å². The molecule has 0 aliphatic rings. The molecule has 0 saturated heterocycles. The van der Waals surface area contributed by atoms with Crippen LogP contribution in [0.2, 0.25) is 0 Å². The molecule has 0 aliphatic carbocycles. The lowest BCUT2D eigenvalue weighted by Gasteiger charge is -2.09. The maximum absolute atomic E-state index is 12.0. The van der Waals surface area contributed by atoms with Crippen molar-refractivity contribution in [3.05, 3.63) is 54.1 Å². The van der Waals surface area contributed by atoms with Gasteiger partial charge in [0, 0.05) is 11.9 Å². The fourth-order valence-electron chi connectivity index (χ4n) is 1.91. The number of hydrogen-bond donors (Lipinski definition) is 2. The van der Waals surface area contributed by atoms with Gasteiger partial charge in [0.2, 0.25) is 5.91 Å². The zero-order valence-electron chi connectivity index (χ0n) is 11.5. The highest BCUT2D eigenvalue weighted by Gasteiger charge is 2.14. The quantitative estimate of drug-likeness (QED) is 0.844. The third kappa shape index (κ3) is 4.06. The summed E-state index contributed by atoms with van der Waals surface area (Å²) in [5.74, 6) is -0.282. The first-order chi connectivity index (χ1) is 9.86. The topological polar surface area (TPSA) is 89.3 Å². The van der Waals surface area contributed by atoms with E-state index in [1.54, 1.807) is 42.5 Å². The third-order valence-electron chi connectivity index (χ3n) is 2.91. The number of amides is 1. The number of para-hydroxylation sites is 1. The van der Waals surface area contributed by atoms with Gasteiger partial charge >= 0.3 is 0 Å². The number of hydrogen-bond acceptors (Lipinski definition) is 4. The molecule has 2 aromatic rings. The van der Waals surface area contributed by atoms with Crippen LogP contribution in [-0.4, -0.2) is 20.6 Å². The van der Waals surface area contributed by atoms with Crippen LogP contribution in [0.25, 0.3) is 0 Å². The van der Waals surface area contributed by atoms with Crippen LogP contribution in [0.4, 0.5) is 11.4 Å². The Morgan fingerprint density at radius 1 is 1.10 bits per heavy atom. The molecule has 0 heterocycles. The van der Waals surface area contributed by atoms with Gasteiger partial charge in [-0.15, -0.1) is 0 Å². The maximum atomic E-state index is 12.0. The van der Waals surface area contributed by atoms with Gasteiger partial charge < -0.3 is 11.1 Å². The number of rotatable bonds is 4. The number of carbonyl (C=O) groups is 1. The Hall–Kier alpha value is -2.34. The minimum Gasteiger partial charge on any atom is -0.399 e. The van der Waals surface area contributed by atoms with Gasteiger partial charge in [-0.2, -0.15) is 0 Å². The van der Waals surface area contributed by atoms with Crippen molar-refractivity contribution in [2.24, 2.45) is 0 Å². The smallest absolute Gasteiger partial charge is 0.228 e. The third-order valence-corrected chi connectivity index (χ3v) is 4.06. The molecule has 2 aromatic carbocycles. The van der Waals surface area contributed by atoms with Crippen molar-refractivity contribution in [1.82, 2.24) is 0 Å². The van der Waals surface area contributed by atoms with Gasteiger partial charge in [0.25, 0.3) is 0 Å². The van der Waals surface area contributed by atoms with Gasteiger partial charge in [-0.3, -0.25) is 4.79 Å². The average Bonchev–Trinajstić information content (AvgIpc) is 2.41. The van der Waals surface area contributed by atoms with Crippen LogP contribution >= 0.6 is 0 Å². The summed E-state index contributed by atoms with van der Waals surface area (Å²) in [6.07, 6.45) is 1.26. The van der Waals surface area contributed by atoms with E-state index in [4.69, 9.17) is 5.73 Å². The Morgan fingerprint density at radius 3 is 2.33 bits per heavy atom. The minimum atomic E-state index is -3.39. The SMILES string of the molecule is CS(=O)(=O)c1ccccc1NC(=O)Cc1ccc(N)cc1. The number of anilines is 2. The normalized spacial score (nSPS) is 11.1. The van der Waals surface area contributed by atoms with Crippen LogP contribution in [0.5, 0.6) is 0 Å². The van der Waals surface area contributed by atoms with Crippen LogP contribution in [0.3, 0.4) is 0 Å². The van der Waals surface area contributed by atoms with Gasteiger partial charge in [0.05, 0.1) is 17.0 Å². The van der Waals surface area contributed by atoms with Crippen LogP contribution in [0.15, 0.2) is 53.4 Å². The summed E-state index contributed by atoms with van der Waals surface area (Å²) >= 11 is 0. The van der Waals surface area contributed by atoms with E-state index in [1.165, 1.54) is 6.07 Å². The van der Waals surface area contributed by atoms with Crippen LogP contribution in [0.1, 0.15) is 5.56 Å². The first-order valence-electron chi connectivity index (χ1n) is 6.29. The molecular weight excluding hydrogens is 288 g/mol. The zero-order valence-corrected chi connectivity index (χ0v) is 12.4. The van der Waals surface area contributed by atoms with Gasteiger partial charge in [-0.25, -0.2) is 8.42 Å². The zero-order chi connectivity index (χ0) is 15.5. The standard InChI is InChI=1S/C15H16N2O3S/c1-21(19,20)14-5-3-2-4-13(14)17-15(18)10-11-6-8-12(16)9-7-11/h2-9H,10,16H2,1H3,(H,17,18). The molecule has 0 spiro atoms. The average molecular weight is 304 g/mol. The van der Waals surface area contributed by atoms with Gasteiger partial charge in [0.15, 0.2) is 9.84 Å². The van der Waals surface area contributed by atoms with E-state index in [2.05, 4.69) is 5.32 Å². The van der Waals surface area contributed by atoms with E-state index in [0.717, 1.165) is 11.8 Å². The van der Waals surface area contributed by atoms with Gasteiger partial charge in [0.1, 0.15) is 0 Å². The van der Waals surface area contributed by atoms with E-state index in [0.29, 0.717) is 11.4 Å². The van der Waals surface area contributed by atoms with Crippen molar-refractivity contribution >= 4 is 27.1 Å². The molecule has 21 heavy (non-hydrogen) atoms. The summed E-state index contributed by atoms with van der Waals surface area (Å²) in [5.41, 5.74) is 7.30. The van der Waals surface area contributed by atoms with Crippen molar-refractivity contribution in [3.8, 4) is 0 Å². The molecule has 0 saturated carbocycles. The van der Waals surface area contributed by atoms with Crippen molar-refractivity contribution in [1.29, 1.82) is 0 Å². The number of nitrogen functional groups attached to an aromatic ring is 1. The second-order valence-electron chi connectivity index (χ2n) is 4.73. The molecule has 0 unspecified atom stereocenters. The predicted octanol–water partition coefficient (Wildman–Crippen LogP) is 1.85. The largest absolute Gasteiger partial charge is 0.399 e. The van der Waals surface area contributed by atoms with E-state index < -0.39 is 9.84 Å². The molecule has 2 rings (SSSR count). The molecule has 0 fully saturated rings. The molecular formula is C15H16N2O3S. The van der Waals surface area contributed by atoms with Crippen molar-refractivity contribution in [3.63, 3.8) is 0 Å². The highest BCUT2D eigenvalue weighted by Crippen LogP contribution is 2.20. The van der Waals surface area contributed by atoms with Crippen molar-refractivity contribution < 1.29 is 13.2 Å². The molecule has 0 aliphatic heterocycles. The number of sulfone groups is 1. The Kier molecular flexibility index (Phi) is 4.28. The lowest BCUT2D eigenvalue weighted by molar-refractivity contribution is -0.115. The van der Waals surface area contributed by atoms with Crippen molar-refractivity contribution in [2.45, 2.75) is 11.3 Å². The predicted molar refractivity (Wildman–Crippen MR) is 82.7 cm³/mol. The maximum Gasteiger partial charge on any atom is 0.228 e. The summed E-state index contributed by atoms with van der Waals surface area (Å²) in [6, 6.07) is 13.3. The first-order valence-corrected chi connectivity index (χ1v) is 8.19. The van der Waals surface area contributed by atoms with E-state index in [1.807, 2.05) is 0 Å². The lowest BCUT2D eigenvalue weighted by Crippen LogP contribution is -2.16. The molecule has 1 amide bonds. The summed E-state index contributed by atoms with van der Waals surface area (Å²) < 4.78 is 23.3. The van der Waals surface area contributed by atoms with Gasteiger partial charge in [-0.05, 0) is 29.8 Å². The molecule has 0 atom stereocenters. The van der Waals surface area contributed by atoms with Crippen LogP contribution in [-0.2, 0) is 21.1 Å². The summed E-state index contributed by atoms with van der Waals surface area (Å²) in [4.78, 5) is 12.1. The molecule has 0 aromatic heterocycles. The molecule has 0 bridgehead atoms. The van der Waals surface area contributed by atoms with E-state index >= 15 is 0 Å². The second kappa shape index (κ2) is 5.97. The second-order valence-corrected chi connectivity index (χ2v) is 6.72. The molecule has 0 radical (unpaired) electrons. The van der Waals surface area contributed by atoms with Crippen molar-refractivity contribution in [2.75, 3.05) is 17.3 Å². The number of carbonyl (C=O) groups excluding carboxylic acids is 1. The Morgan fingerprint density at radius 2 is 1.71 bits per heavy atom. The molecule has 110 valence electrons. The van der Waals surface area contributed by atoms with Gasteiger partial charge in [-0.1, -0.05) is 24.3 Å². The number of nitrogens with two attached hydrogens (primary N) is 1. The molecule has 6 heteroatoms. The van der Waals surface area contributed by atoms with E-state index in [9.17, 15) is 13.2 Å². The number of nitrogens with one attached hydrogen (secondary N) is 1. The lowest BCUT2D eigenvalue weighted by atomic mass is 10.1. The minimum absolute atomic E-state index is 0.107. The monoisotopic (exact) mass is 304 g/mol. The molecule has 3 N–H and O–H groups in total. The molecule has 5 nitrogen and oxygen atoms in total. The summed E-state index contributed by atoms with van der Waals surface area (Å²) in [7, 11) is -3.39. The fraction of sp³-hybridized carbons (Fsp3) is 0.133. The fourth-order valence-corrected chi connectivity index (χ4v) is 2.75. The Labute approximate surface area is 123 Å².